The lowest BCUT2D eigenvalue weighted by molar-refractivity contribution is -0.138. The molecule has 5 fully saturated rings. The molecule has 4 saturated heterocycles. The van der Waals surface area contributed by atoms with Gasteiger partial charge in [0.2, 0.25) is 0 Å². The fourth-order valence-electron chi connectivity index (χ4n) is 6.33. The van der Waals surface area contributed by atoms with Crippen LogP contribution in [0.5, 0.6) is 0 Å². The summed E-state index contributed by atoms with van der Waals surface area (Å²) in [4.78, 5) is 20.5. The summed E-state index contributed by atoms with van der Waals surface area (Å²) in [5.74, 6) is 1.59. The van der Waals surface area contributed by atoms with Gasteiger partial charge in [0.25, 0.3) is 0 Å². The van der Waals surface area contributed by atoms with Gasteiger partial charge < -0.3 is 10.8 Å². The Balaban J connectivity index is 1.43. The van der Waals surface area contributed by atoms with Gasteiger partial charge in [-0.25, -0.2) is 20.0 Å². The number of halogens is 1. The number of nitrogens with two attached hydrogens (primary N) is 1. The van der Waals surface area contributed by atoms with Gasteiger partial charge in [-0.1, -0.05) is 0 Å². The first-order valence-corrected chi connectivity index (χ1v) is 9.98. The highest BCUT2D eigenvalue weighted by molar-refractivity contribution is 9.10. The smallest absolute Gasteiger partial charge is 0.320 e. The molecule has 7 unspecified atom stereocenters. The monoisotopic (exact) mass is 378 g/mol. The van der Waals surface area contributed by atoms with Crippen LogP contribution in [0.15, 0.2) is 17.0 Å². The zero-order chi connectivity index (χ0) is 14.8. The lowest BCUT2D eigenvalue weighted by atomic mass is 9.81. The van der Waals surface area contributed by atoms with Gasteiger partial charge in [-0.3, -0.25) is 9.20 Å². The van der Waals surface area contributed by atoms with Gasteiger partial charge >= 0.3 is 5.97 Å². The predicted molar refractivity (Wildman–Crippen MR) is 84.2 cm³/mol. The average Bonchev–Trinajstić information content (AvgIpc) is 3.37. The highest BCUT2D eigenvalue weighted by atomic mass is 79.9. The summed E-state index contributed by atoms with van der Waals surface area (Å²) < 4.78 is 2.60. The minimum Gasteiger partial charge on any atom is -0.480 e. The molecule has 1 spiro atoms. The van der Waals surface area contributed by atoms with Crippen LogP contribution in [0.1, 0.15) is 12.2 Å². The number of nitrogen functional groups attached to an aromatic ring is 1. The van der Waals surface area contributed by atoms with Crippen molar-refractivity contribution in [2.24, 2.45) is 5.92 Å². The average molecular weight is 379 g/mol. The Morgan fingerprint density at radius 3 is 3.00 bits per heavy atom. The Morgan fingerprint density at radius 2 is 2.32 bits per heavy atom. The van der Waals surface area contributed by atoms with Gasteiger partial charge in [-0.2, -0.15) is 0 Å². The van der Waals surface area contributed by atoms with Crippen molar-refractivity contribution >= 4 is 43.3 Å². The van der Waals surface area contributed by atoms with Crippen molar-refractivity contribution in [2.75, 3.05) is 5.73 Å². The van der Waals surface area contributed by atoms with Crippen LogP contribution in [0.25, 0.3) is 5.52 Å². The first-order valence-electron chi connectivity index (χ1n) is 7.37. The third-order valence-electron chi connectivity index (χ3n) is 7.00. The second kappa shape index (κ2) is 2.58. The Hall–Kier alpha value is -1.28. The van der Waals surface area contributed by atoms with Gasteiger partial charge in [0.1, 0.15) is 20.7 Å². The van der Waals surface area contributed by atoms with E-state index in [1.54, 1.807) is 6.20 Å². The second-order valence-electron chi connectivity index (χ2n) is 7.23. The maximum absolute atomic E-state index is 11.6. The fourth-order valence-corrected chi connectivity index (χ4v) is 14.5. The topological polar surface area (TPSA) is 93.5 Å². The molecule has 0 bridgehead atoms. The van der Waals surface area contributed by atoms with Crippen LogP contribution in [-0.2, 0) is 10.2 Å². The molecule has 0 aromatic carbocycles. The first-order chi connectivity index (χ1) is 10.6. The second-order valence-corrected chi connectivity index (χ2v) is 11.7. The molecule has 8 heteroatoms. The van der Waals surface area contributed by atoms with E-state index in [0.29, 0.717) is 27.5 Å². The number of carbonyl (C=O) groups is 1. The molecular weight excluding hydrogens is 368 g/mol. The molecule has 7 atom stereocenters. The fraction of sp³-hybridized carbons (Fsp3) is 0.500. The Bertz CT molecular complexity index is 993. The van der Waals surface area contributed by atoms with Crippen LogP contribution in [0.3, 0.4) is 0 Å². The first kappa shape index (κ1) is 11.3. The van der Waals surface area contributed by atoms with Crippen LogP contribution in [-0.4, -0.2) is 45.9 Å². The van der Waals surface area contributed by atoms with Crippen molar-refractivity contribution in [3.05, 3.63) is 22.8 Å². The molecule has 4 aliphatic heterocycles. The number of hydrogen-bond acceptors (Lipinski definition) is 4. The number of anilines is 1. The molecule has 0 amide bonds. The molecule has 5 aliphatic rings. The SMILES string of the molecule is Nc1nccn2c(C34CC3C3C5(C(=O)O)C6C4S365)nc(Br)c12. The molecule has 6 nitrogen and oxygen atoms in total. The van der Waals surface area contributed by atoms with Crippen molar-refractivity contribution in [1.29, 1.82) is 0 Å². The number of carboxylic acids is 1. The van der Waals surface area contributed by atoms with Crippen molar-refractivity contribution < 1.29 is 9.90 Å². The van der Waals surface area contributed by atoms with E-state index in [0.717, 1.165) is 22.4 Å². The zero-order valence-corrected chi connectivity index (χ0v) is 13.6. The molecule has 2 aromatic heterocycles. The van der Waals surface area contributed by atoms with E-state index in [-0.39, 0.29) is 10.2 Å². The number of nitrogens with zero attached hydrogens (tertiary/aromatic N) is 3. The van der Waals surface area contributed by atoms with E-state index in [1.807, 2.05) is 6.20 Å². The van der Waals surface area contributed by atoms with Gasteiger partial charge in [-0.05, 0) is 28.3 Å². The van der Waals surface area contributed by atoms with E-state index in [9.17, 15) is 9.90 Å². The van der Waals surface area contributed by atoms with Crippen molar-refractivity contribution in [2.45, 2.75) is 32.3 Å². The van der Waals surface area contributed by atoms with E-state index in [2.05, 4.69) is 25.3 Å². The van der Waals surface area contributed by atoms with Gasteiger partial charge in [0.15, 0.2) is 5.82 Å². The van der Waals surface area contributed by atoms with Crippen LogP contribution in [0.2, 0.25) is 0 Å². The third-order valence-corrected chi connectivity index (χ3v) is 13.1. The number of aromatic nitrogens is 3. The summed E-state index contributed by atoms with van der Waals surface area (Å²) in [7, 11) is -0.781. The quantitative estimate of drug-likeness (QED) is 0.763. The predicted octanol–water partition coefficient (Wildman–Crippen LogP) is 1.12. The maximum atomic E-state index is 11.6. The maximum Gasteiger partial charge on any atom is 0.320 e. The zero-order valence-electron chi connectivity index (χ0n) is 11.2. The van der Waals surface area contributed by atoms with Gasteiger partial charge in [0.05, 0.1) is 0 Å². The molecule has 2 aromatic rings. The summed E-state index contributed by atoms with van der Waals surface area (Å²) in [5, 5.41) is 11.2. The Labute approximate surface area is 134 Å². The molecule has 0 radical (unpaired) electrons. The van der Waals surface area contributed by atoms with Crippen LogP contribution in [0.4, 0.5) is 5.82 Å². The standard InChI is InChI=1S/C14H11BrN4O2S/c15-9-5-10(16)17-1-2-19(5)11(18-9)13-3-4(13)6-14(12(20)21)8-7(13)22(6,8)14/h1-2,4,6-8H,3H2,(H2,16,17)(H,20,21). The summed E-state index contributed by atoms with van der Waals surface area (Å²) >= 11 is 3.52. The summed E-state index contributed by atoms with van der Waals surface area (Å²) in [6.45, 7) is 0. The van der Waals surface area contributed by atoms with E-state index in [1.165, 1.54) is 0 Å². The summed E-state index contributed by atoms with van der Waals surface area (Å²) in [5.41, 5.74) is 6.98. The molecular formula is C14H11BrN4O2S. The third kappa shape index (κ3) is 0.684. The summed E-state index contributed by atoms with van der Waals surface area (Å²) in [6.07, 6.45) is 4.75. The van der Waals surface area contributed by atoms with E-state index < -0.39 is 16.0 Å². The lowest BCUT2D eigenvalue weighted by Gasteiger charge is -2.23. The number of aliphatic carboxylic acids is 1. The number of rotatable bonds is 2. The Morgan fingerprint density at radius 1 is 1.50 bits per heavy atom. The molecule has 6 heterocycles. The normalized spacial score (nSPS) is 56.6. The minimum absolute atomic E-state index is 0.143. The van der Waals surface area contributed by atoms with Crippen molar-refractivity contribution in [1.82, 2.24) is 14.4 Å². The Kier molecular flexibility index (Phi) is 1.33. The highest BCUT2D eigenvalue weighted by Gasteiger charge is 3.22. The van der Waals surface area contributed by atoms with E-state index >= 15 is 0 Å². The molecule has 112 valence electrons. The van der Waals surface area contributed by atoms with Gasteiger partial charge in [-0.15, -0.1) is 0 Å². The molecule has 1 saturated carbocycles. The van der Waals surface area contributed by atoms with E-state index in [4.69, 9.17) is 10.7 Å². The van der Waals surface area contributed by atoms with Crippen molar-refractivity contribution in [3.8, 4) is 0 Å². The summed E-state index contributed by atoms with van der Waals surface area (Å²) in [6, 6.07) is 0. The molecule has 7 rings (SSSR count). The highest BCUT2D eigenvalue weighted by Crippen LogP contribution is 3.27. The van der Waals surface area contributed by atoms with Crippen LogP contribution in [0, 0.1) is 5.92 Å². The largest absolute Gasteiger partial charge is 0.480 e. The lowest BCUT2D eigenvalue weighted by Crippen LogP contribution is -2.41. The molecule has 1 aliphatic carbocycles. The number of hydrogen-bond donors (Lipinski definition) is 2. The van der Waals surface area contributed by atoms with Crippen LogP contribution < -0.4 is 5.73 Å². The number of fused-ring (bicyclic) bond motifs is 7. The molecule has 3 N–H and O–H groups in total. The molecule has 22 heavy (non-hydrogen) atoms. The number of imidazole rings is 1. The van der Waals surface area contributed by atoms with Gasteiger partial charge in [0, 0.05) is 33.6 Å². The van der Waals surface area contributed by atoms with Crippen LogP contribution >= 0.6 is 26.0 Å². The minimum atomic E-state index is -0.781. The number of carboxylic acid groups (broad SMARTS) is 1. The van der Waals surface area contributed by atoms with Crippen molar-refractivity contribution in [3.63, 3.8) is 0 Å².